The van der Waals surface area contributed by atoms with Crippen LogP contribution in [0.4, 0.5) is 5.69 Å². The van der Waals surface area contributed by atoms with E-state index in [0.29, 0.717) is 12.1 Å². The molecular formula is C13H16N2O2. The van der Waals surface area contributed by atoms with E-state index >= 15 is 0 Å². The molecule has 0 bridgehead atoms. The highest BCUT2D eigenvalue weighted by atomic mass is 16.4. The van der Waals surface area contributed by atoms with Crippen LogP contribution in [0.25, 0.3) is 0 Å². The molecule has 0 aliphatic heterocycles. The van der Waals surface area contributed by atoms with Crippen molar-refractivity contribution in [2.24, 2.45) is 5.92 Å². The number of aryl methyl sites for hydroxylation is 1. The van der Waals surface area contributed by atoms with E-state index in [9.17, 15) is 4.79 Å². The van der Waals surface area contributed by atoms with Crippen LogP contribution in [0.15, 0.2) is 18.2 Å². The Kier molecular flexibility index (Phi) is 4.53. The fourth-order valence-corrected chi connectivity index (χ4v) is 1.64. The molecule has 0 amide bonds. The van der Waals surface area contributed by atoms with Crippen LogP contribution in [0.2, 0.25) is 0 Å². The molecule has 4 nitrogen and oxygen atoms in total. The van der Waals surface area contributed by atoms with Gasteiger partial charge in [0.1, 0.15) is 6.07 Å². The Morgan fingerprint density at radius 2 is 2.29 bits per heavy atom. The maximum atomic E-state index is 10.5. The lowest BCUT2D eigenvalue weighted by Crippen LogP contribution is -2.16. The average molecular weight is 232 g/mol. The van der Waals surface area contributed by atoms with Gasteiger partial charge in [-0.2, -0.15) is 5.26 Å². The minimum atomic E-state index is -0.801. The zero-order valence-electron chi connectivity index (χ0n) is 10.0. The van der Waals surface area contributed by atoms with Gasteiger partial charge in [-0.1, -0.05) is 19.1 Å². The van der Waals surface area contributed by atoms with Crippen molar-refractivity contribution in [2.75, 3.05) is 11.9 Å². The summed E-state index contributed by atoms with van der Waals surface area (Å²) in [6, 6.07) is 7.62. The standard InChI is InChI=1S/C13H16N2O2/c1-9(6-12(16)17)8-15-13-10(2)4-3-5-11(13)7-14/h3-5,9,15H,6,8H2,1-2H3,(H,16,17). The van der Waals surface area contributed by atoms with Crippen LogP contribution in [0.5, 0.6) is 0 Å². The number of nitrogens with one attached hydrogen (secondary N) is 1. The summed E-state index contributed by atoms with van der Waals surface area (Å²) < 4.78 is 0. The molecular weight excluding hydrogens is 216 g/mol. The van der Waals surface area contributed by atoms with E-state index in [0.717, 1.165) is 11.3 Å². The Bertz CT molecular complexity index is 449. The summed E-state index contributed by atoms with van der Waals surface area (Å²) in [6.45, 7) is 4.34. The molecule has 0 aliphatic rings. The van der Waals surface area contributed by atoms with E-state index in [4.69, 9.17) is 10.4 Å². The van der Waals surface area contributed by atoms with E-state index in [-0.39, 0.29) is 12.3 Å². The van der Waals surface area contributed by atoms with Gasteiger partial charge in [0.25, 0.3) is 0 Å². The largest absolute Gasteiger partial charge is 0.481 e. The number of carbonyl (C=O) groups is 1. The summed E-state index contributed by atoms with van der Waals surface area (Å²) in [5, 5.41) is 20.8. The summed E-state index contributed by atoms with van der Waals surface area (Å²) in [5.41, 5.74) is 2.38. The zero-order chi connectivity index (χ0) is 12.8. The number of rotatable bonds is 5. The van der Waals surface area contributed by atoms with Crippen molar-refractivity contribution in [2.45, 2.75) is 20.3 Å². The molecule has 17 heavy (non-hydrogen) atoms. The zero-order valence-corrected chi connectivity index (χ0v) is 10.0. The number of carboxylic acids is 1. The quantitative estimate of drug-likeness (QED) is 0.817. The number of para-hydroxylation sites is 1. The molecule has 0 heterocycles. The lowest BCUT2D eigenvalue weighted by atomic mass is 10.1. The molecule has 0 aromatic heterocycles. The molecule has 2 N–H and O–H groups in total. The number of carboxylic acid groups (broad SMARTS) is 1. The lowest BCUT2D eigenvalue weighted by molar-refractivity contribution is -0.137. The molecule has 1 aromatic rings. The fourth-order valence-electron chi connectivity index (χ4n) is 1.64. The summed E-state index contributed by atoms with van der Waals surface area (Å²) in [5.74, 6) is -0.775. The molecule has 4 heteroatoms. The number of nitriles is 1. The van der Waals surface area contributed by atoms with Gasteiger partial charge in [-0.15, -0.1) is 0 Å². The molecule has 0 aliphatic carbocycles. The summed E-state index contributed by atoms with van der Waals surface area (Å²) in [6.07, 6.45) is 0.126. The second-order valence-corrected chi connectivity index (χ2v) is 4.19. The van der Waals surface area contributed by atoms with Crippen molar-refractivity contribution in [1.29, 1.82) is 5.26 Å². The smallest absolute Gasteiger partial charge is 0.303 e. The Hall–Kier alpha value is -2.02. The van der Waals surface area contributed by atoms with Gasteiger partial charge in [-0.3, -0.25) is 4.79 Å². The third-order valence-corrected chi connectivity index (χ3v) is 2.54. The van der Waals surface area contributed by atoms with Crippen LogP contribution in [-0.2, 0) is 4.79 Å². The number of nitrogens with zero attached hydrogens (tertiary/aromatic N) is 1. The average Bonchev–Trinajstić information content (AvgIpc) is 2.26. The molecule has 90 valence electrons. The first-order chi connectivity index (χ1) is 8.04. The van der Waals surface area contributed by atoms with Crippen LogP contribution in [0.1, 0.15) is 24.5 Å². The van der Waals surface area contributed by atoms with Gasteiger partial charge in [-0.25, -0.2) is 0 Å². The molecule has 1 aromatic carbocycles. The minimum absolute atomic E-state index is 0.0265. The van der Waals surface area contributed by atoms with Crippen molar-refractivity contribution in [3.63, 3.8) is 0 Å². The van der Waals surface area contributed by atoms with Crippen LogP contribution in [0.3, 0.4) is 0 Å². The number of benzene rings is 1. The van der Waals surface area contributed by atoms with Gasteiger partial charge in [0.05, 0.1) is 11.3 Å². The van der Waals surface area contributed by atoms with Crippen LogP contribution in [-0.4, -0.2) is 17.6 Å². The first-order valence-corrected chi connectivity index (χ1v) is 5.50. The predicted molar refractivity (Wildman–Crippen MR) is 65.8 cm³/mol. The summed E-state index contributed by atoms with van der Waals surface area (Å²) >= 11 is 0. The first kappa shape index (κ1) is 13.0. The van der Waals surface area contributed by atoms with Gasteiger partial charge in [0.15, 0.2) is 0 Å². The van der Waals surface area contributed by atoms with Crippen molar-refractivity contribution in [3.8, 4) is 6.07 Å². The minimum Gasteiger partial charge on any atom is -0.481 e. The number of hydrogen-bond donors (Lipinski definition) is 2. The van der Waals surface area contributed by atoms with Crippen molar-refractivity contribution < 1.29 is 9.90 Å². The molecule has 0 saturated carbocycles. The van der Waals surface area contributed by atoms with Crippen LogP contribution in [0, 0.1) is 24.2 Å². The van der Waals surface area contributed by atoms with Crippen molar-refractivity contribution >= 4 is 11.7 Å². The molecule has 0 saturated heterocycles. The van der Waals surface area contributed by atoms with Gasteiger partial charge in [-0.05, 0) is 24.5 Å². The Morgan fingerprint density at radius 3 is 2.88 bits per heavy atom. The maximum absolute atomic E-state index is 10.5. The van der Waals surface area contributed by atoms with Gasteiger partial charge in [0, 0.05) is 13.0 Å². The van der Waals surface area contributed by atoms with Crippen LogP contribution >= 0.6 is 0 Å². The van der Waals surface area contributed by atoms with E-state index in [1.54, 1.807) is 6.07 Å². The van der Waals surface area contributed by atoms with Gasteiger partial charge in [0.2, 0.25) is 0 Å². The lowest BCUT2D eigenvalue weighted by Gasteiger charge is -2.14. The first-order valence-electron chi connectivity index (χ1n) is 5.50. The third-order valence-electron chi connectivity index (χ3n) is 2.54. The Labute approximate surface area is 101 Å². The highest BCUT2D eigenvalue weighted by Gasteiger charge is 2.09. The summed E-state index contributed by atoms with van der Waals surface area (Å²) in [7, 11) is 0. The van der Waals surface area contributed by atoms with Crippen LogP contribution < -0.4 is 5.32 Å². The normalized spacial score (nSPS) is 11.6. The fraction of sp³-hybridized carbons (Fsp3) is 0.385. The third kappa shape index (κ3) is 3.80. The second-order valence-electron chi connectivity index (χ2n) is 4.19. The van der Waals surface area contributed by atoms with Gasteiger partial charge < -0.3 is 10.4 Å². The Balaban J connectivity index is 2.69. The van der Waals surface area contributed by atoms with Crippen molar-refractivity contribution in [3.05, 3.63) is 29.3 Å². The van der Waals surface area contributed by atoms with E-state index in [1.165, 1.54) is 0 Å². The number of anilines is 1. The predicted octanol–water partition coefficient (Wildman–Crippen LogP) is 2.39. The number of hydrogen-bond acceptors (Lipinski definition) is 3. The maximum Gasteiger partial charge on any atom is 0.303 e. The van der Waals surface area contributed by atoms with E-state index in [2.05, 4.69) is 11.4 Å². The second kappa shape index (κ2) is 5.90. The topological polar surface area (TPSA) is 73.1 Å². The van der Waals surface area contributed by atoms with Crippen molar-refractivity contribution in [1.82, 2.24) is 0 Å². The van der Waals surface area contributed by atoms with Gasteiger partial charge >= 0.3 is 5.97 Å². The van der Waals surface area contributed by atoms with E-state index in [1.807, 2.05) is 26.0 Å². The number of aliphatic carboxylic acids is 1. The van der Waals surface area contributed by atoms with E-state index < -0.39 is 5.97 Å². The highest BCUT2D eigenvalue weighted by molar-refractivity contribution is 5.67. The SMILES string of the molecule is Cc1cccc(C#N)c1NCC(C)CC(=O)O. The molecule has 0 fully saturated rings. The molecule has 1 atom stereocenters. The summed E-state index contributed by atoms with van der Waals surface area (Å²) in [4.78, 5) is 10.5. The molecule has 0 radical (unpaired) electrons. The monoisotopic (exact) mass is 232 g/mol. The molecule has 1 rings (SSSR count). The molecule has 1 unspecified atom stereocenters. The Morgan fingerprint density at radius 1 is 1.59 bits per heavy atom. The highest BCUT2D eigenvalue weighted by Crippen LogP contribution is 2.20. The molecule has 0 spiro atoms.